The lowest BCUT2D eigenvalue weighted by atomic mass is 9.97. The zero-order chi connectivity index (χ0) is 16.2. The average molecular weight is 334 g/mol. The number of carbonyl (C=O) groups excluding carboxylic acids is 1. The number of amides is 1. The highest BCUT2D eigenvalue weighted by Crippen LogP contribution is 2.23. The second-order valence-electron chi connectivity index (χ2n) is 5.04. The predicted molar refractivity (Wildman–Crippen MR) is 77.8 cm³/mol. The first-order valence-corrected chi connectivity index (χ1v) is 8.07. The van der Waals surface area contributed by atoms with E-state index in [1.54, 1.807) is 12.4 Å². The number of thioether (sulfide) groups is 1. The molecule has 1 saturated heterocycles. The summed E-state index contributed by atoms with van der Waals surface area (Å²) in [6.45, 7) is -0.212. The largest absolute Gasteiger partial charge is 0.405 e. The van der Waals surface area contributed by atoms with Gasteiger partial charge in [-0.05, 0) is 19.1 Å². The molecule has 1 amide bonds. The molecule has 1 fully saturated rings. The third kappa shape index (κ3) is 4.75. The van der Waals surface area contributed by atoms with Crippen LogP contribution in [0.4, 0.5) is 19.0 Å². The van der Waals surface area contributed by atoms with Crippen LogP contribution in [0.25, 0.3) is 0 Å². The molecule has 1 N–H and O–H groups in total. The van der Waals surface area contributed by atoms with Crippen LogP contribution in [-0.2, 0) is 4.79 Å². The number of anilines is 1. The molecular formula is C13H17F3N4OS. The van der Waals surface area contributed by atoms with E-state index in [1.807, 2.05) is 16.5 Å². The number of hydrogen-bond donors (Lipinski definition) is 1. The quantitative estimate of drug-likeness (QED) is 0.855. The highest BCUT2D eigenvalue weighted by Gasteiger charge is 2.31. The Morgan fingerprint density at radius 3 is 2.95 bits per heavy atom. The van der Waals surface area contributed by atoms with Gasteiger partial charge in [-0.25, -0.2) is 4.98 Å². The van der Waals surface area contributed by atoms with Crippen molar-refractivity contribution in [1.29, 1.82) is 0 Å². The molecule has 1 aromatic rings. The van der Waals surface area contributed by atoms with Crippen molar-refractivity contribution in [3.8, 4) is 0 Å². The van der Waals surface area contributed by atoms with E-state index in [-0.39, 0.29) is 0 Å². The van der Waals surface area contributed by atoms with Crippen molar-refractivity contribution in [1.82, 2.24) is 15.3 Å². The van der Waals surface area contributed by atoms with Gasteiger partial charge >= 0.3 is 6.18 Å². The Labute approximate surface area is 130 Å². The van der Waals surface area contributed by atoms with E-state index in [2.05, 4.69) is 9.97 Å². The van der Waals surface area contributed by atoms with Crippen molar-refractivity contribution in [2.45, 2.75) is 24.0 Å². The molecule has 5 nitrogen and oxygen atoms in total. The van der Waals surface area contributed by atoms with Crippen LogP contribution in [0.1, 0.15) is 12.8 Å². The standard InChI is InChI=1S/C13H17F3N4OS/c1-22-11-6-17-5-10(19-11)20-4-2-3-9(7-20)12(21)18-8-13(14,15)16/h5-6,9H,2-4,7-8H2,1H3,(H,18,21). The van der Waals surface area contributed by atoms with Gasteiger partial charge in [0.1, 0.15) is 17.4 Å². The van der Waals surface area contributed by atoms with Gasteiger partial charge in [0.25, 0.3) is 0 Å². The van der Waals surface area contributed by atoms with Crippen molar-refractivity contribution in [3.05, 3.63) is 12.4 Å². The monoisotopic (exact) mass is 334 g/mol. The van der Waals surface area contributed by atoms with Crippen LogP contribution in [0.15, 0.2) is 17.4 Å². The minimum atomic E-state index is -4.39. The van der Waals surface area contributed by atoms with Gasteiger partial charge in [0, 0.05) is 13.1 Å². The summed E-state index contributed by atoms with van der Waals surface area (Å²) in [6, 6.07) is 0. The fourth-order valence-electron chi connectivity index (χ4n) is 2.32. The van der Waals surface area contributed by atoms with Crippen LogP contribution in [0.3, 0.4) is 0 Å². The fraction of sp³-hybridized carbons (Fsp3) is 0.615. The molecule has 0 aliphatic carbocycles. The summed E-state index contributed by atoms with van der Waals surface area (Å²) in [5.41, 5.74) is 0. The van der Waals surface area contributed by atoms with Crippen LogP contribution >= 0.6 is 11.8 Å². The van der Waals surface area contributed by atoms with Crippen LogP contribution in [-0.4, -0.2) is 47.9 Å². The number of rotatable bonds is 4. The van der Waals surface area contributed by atoms with Crippen LogP contribution in [0.5, 0.6) is 0 Å². The zero-order valence-electron chi connectivity index (χ0n) is 12.1. The number of alkyl halides is 3. The highest BCUT2D eigenvalue weighted by molar-refractivity contribution is 7.98. The molecule has 0 radical (unpaired) electrons. The molecule has 0 bridgehead atoms. The number of hydrogen-bond acceptors (Lipinski definition) is 5. The fourth-order valence-corrected chi connectivity index (χ4v) is 2.67. The molecule has 1 aliphatic rings. The molecule has 1 atom stereocenters. The van der Waals surface area contributed by atoms with Gasteiger partial charge in [-0.3, -0.25) is 9.78 Å². The van der Waals surface area contributed by atoms with Gasteiger partial charge in [-0.2, -0.15) is 13.2 Å². The van der Waals surface area contributed by atoms with E-state index < -0.39 is 24.5 Å². The van der Waals surface area contributed by atoms with Crippen molar-refractivity contribution in [2.75, 3.05) is 30.8 Å². The zero-order valence-corrected chi connectivity index (χ0v) is 12.9. The second kappa shape index (κ2) is 7.17. The Kier molecular flexibility index (Phi) is 5.49. The van der Waals surface area contributed by atoms with Crippen LogP contribution in [0.2, 0.25) is 0 Å². The summed E-state index contributed by atoms with van der Waals surface area (Å²) >= 11 is 1.46. The molecule has 2 rings (SSSR count). The molecule has 0 spiro atoms. The highest BCUT2D eigenvalue weighted by atomic mass is 32.2. The number of halogens is 3. The van der Waals surface area contributed by atoms with Gasteiger partial charge in [0.2, 0.25) is 5.91 Å². The number of nitrogens with zero attached hydrogens (tertiary/aromatic N) is 3. The van der Waals surface area contributed by atoms with E-state index in [9.17, 15) is 18.0 Å². The molecule has 122 valence electrons. The Morgan fingerprint density at radius 1 is 1.50 bits per heavy atom. The Morgan fingerprint density at radius 2 is 2.27 bits per heavy atom. The smallest absolute Gasteiger partial charge is 0.355 e. The minimum Gasteiger partial charge on any atom is -0.355 e. The normalized spacial score (nSPS) is 19.1. The van der Waals surface area contributed by atoms with Gasteiger partial charge in [-0.15, -0.1) is 11.8 Å². The van der Waals surface area contributed by atoms with Gasteiger partial charge < -0.3 is 10.2 Å². The van der Waals surface area contributed by atoms with E-state index >= 15 is 0 Å². The SMILES string of the molecule is CSc1cncc(N2CCCC(C(=O)NCC(F)(F)F)C2)n1. The van der Waals surface area contributed by atoms with Crippen LogP contribution in [0, 0.1) is 5.92 Å². The third-order valence-electron chi connectivity index (χ3n) is 3.39. The van der Waals surface area contributed by atoms with E-state index in [1.165, 1.54) is 11.8 Å². The Bertz CT molecular complexity index is 526. The third-order valence-corrected chi connectivity index (χ3v) is 4.00. The van der Waals surface area contributed by atoms with Crippen molar-refractivity contribution in [2.24, 2.45) is 5.92 Å². The summed E-state index contributed by atoms with van der Waals surface area (Å²) in [6.07, 6.45) is 2.06. The molecule has 1 unspecified atom stereocenters. The lowest BCUT2D eigenvalue weighted by Crippen LogP contribution is -2.45. The Hall–Kier alpha value is -1.51. The summed E-state index contributed by atoms with van der Waals surface area (Å²) in [5, 5.41) is 2.72. The van der Waals surface area contributed by atoms with E-state index in [0.717, 1.165) is 18.0 Å². The van der Waals surface area contributed by atoms with E-state index in [0.29, 0.717) is 18.8 Å². The number of nitrogens with one attached hydrogen (secondary N) is 1. The van der Waals surface area contributed by atoms with Gasteiger partial charge in [-0.1, -0.05) is 0 Å². The molecule has 0 saturated carbocycles. The van der Waals surface area contributed by atoms with Gasteiger partial charge in [0.15, 0.2) is 0 Å². The minimum absolute atomic E-state index is 0.357. The summed E-state index contributed by atoms with van der Waals surface area (Å²) in [5.74, 6) is -0.369. The molecular weight excluding hydrogens is 317 g/mol. The first-order valence-electron chi connectivity index (χ1n) is 6.84. The maximum Gasteiger partial charge on any atom is 0.405 e. The van der Waals surface area contributed by atoms with Crippen molar-refractivity contribution >= 4 is 23.5 Å². The maximum absolute atomic E-state index is 12.2. The molecule has 1 aliphatic heterocycles. The van der Waals surface area contributed by atoms with Gasteiger partial charge in [0.05, 0.1) is 18.3 Å². The molecule has 2 heterocycles. The first kappa shape index (κ1) is 16.9. The average Bonchev–Trinajstić information content (AvgIpc) is 2.52. The molecule has 22 heavy (non-hydrogen) atoms. The summed E-state index contributed by atoms with van der Waals surface area (Å²) < 4.78 is 36.5. The summed E-state index contributed by atoms with van der Waals surface area (Å²) in [7, 11) is 0. The summed E-state index contributed by atoms with van der Waals surface area (Å²) in [4.78, 5) is 22.3. The number of carbonyl (C=O) groups is 1. The first-order chi connectivity index (χ1) is 10.4. The number of piperidine rings is 1. The van der Waals surface area contributed by atoms with Crippen molar-refractivity contribution < 1.29 is 18.0 Å². The Balaban J connectivity index is 1.97. The topological polar surface area (TPSA) is 58.1 Å². The molecule has 1 aromatic heterocycles. The maximum atomic E-state index is 12.2. The lowest BCUT2D eigenvalue weighted by Gasteiger charge is -2.32. The second-order valence-corrected chi connectivity index (χ2v) is 5.86. The molecule has 0 aromatic carbocycles. The lowest BCUT2D eigenvalue weighted by molar-refractivity contribution is -0.140. The number of aromatic nitrogens is 2. The van der Waals surface area contributed by atoms with Crippen molar-refractivity contribution in [3.63, 3.8) is 0 Å². The van der Waals surface area contributed by atoms with E-state index in [4.69, 9.17) is 0 Å². The predicted octanol–water partition coefficient (Wildman–Crippen LogP) is 2.09. The molecule has 9 heteroatoms. The van der Waals surface area contributed by atoms with Crippen LogP contribution < -0.4 is 10.2 Å².